The molecule has 2 aromatic heterocycles. The summed E-state index contributed by atoms with van der Waals surface area (Å²) < 4.78 is 0.997. The van der Waals surface area contributed by atoms with Gasteiger partial charge in [-0.15, -0.1) is 11.3 Å². The molecule has 110 valence electrons. The second kappa shape index (κ2) is 5.86. The van der Waals surface area contributed by atoms with Crippen LogP contribution in [-0.2, 0) is 4.79 Å². The summed E-state index contributed by atoms with van der Waals surface area (Å²) in [4.78, 5) is 35.7. The number of aromatic nitrogens is 3. The summed E-state index contributed by atoms with van der Waals surface area (Å²) in [6.45, 7) is 1.30. The van der Waals surface area contributed by atoms with Gasteiger partial charge in [0.15, 0.2) is 5.69 Å². The van der Waals surface area contributed by atoms with Crippen molar-refractivity contribution in [2.24, 2.45) is 0 Å². The van der Waals surface area contributed by atoms with Gasteiger partial charge in [-0.05, 0) is 12.1 Å². The van der Waals surface area contributed by atoms with Crippen molar-refractivity contribution in [3.63, 3.8) is 0 Å². The zero-order valence-corrected chi connectivity index (χ0v) is 12.3. The molecule has 0 aliphatic heterocycles. The average molecular weight is 313 g/mol. The molecule has 0 unspecified atom stereocenters. The van der Waals surface area contributed by atoms with E-state index >= 15 is 0 Å². The minimum Gasteiger partial charge on any atom is -0.274 e. The molecule has 0 atom stereocenters. The van der Waals surface area contributed by atoms with Crippen molar-refractivity contribution >= 4 is 33.4 Å². The minimum atomic E-state index is -0.544. The Bertz CT molecular complexity index is 828. The van der Waals surface area contributed by atoms with E-state index in [-0.39, 0.29) is 11.6 Å². The van der Waals surface area contributed by atoms with Crippen LogP contribution in [0.1, 0.15) is 17.4 Å². The van der Waals surface area contributed by atoms with Crippen molar-refractivity contribution in [1.29, 1.82) is 0 Å². The number of benzene rings is 1. The van der Waals surface area contributed by atoms with Gasteiger partial charge in [0, 0.05) is 19.3 Å². The van der Waals surface area contributed by atoms with E-state index in [1.165, 1.54) is 30.7 Å². The van der Waals surface area contributed by atoms with Gasteiger partial charge in [-0.25, -0.2) is 15.0 Å². The molecular weight excluding hydrogens is 302 g/mol. The molecule has 8 heteroatoms. The number of rotatable bonds is 2. The maximum atomic E-state index is 12.1. The van der Waals surface area contributed by atoms with Gasteiger partial charge in [0.05, 0.1) is 10.2 Å². The van der Waals surface area contributed by atoms with Crippen LogP contribution in [0.3, 0.4) is 0 Å². The topological polar surface area (TPSA) is 96.9 Å². The number of hydrazine groups is 1. The standard InChI is InChI=1S/C14H11N5O2S/c1-8(20)18-19-13(21)11-12(16-7-6-15-11)14-17-9-4-2-3-5-10(9)22-14/h2-7H,1H3,(H,18,20)(H,19,21). The van der Waals surface area contributed by atoms with E-state index < -0.39 is 5.91 Å². The summed E-state index contributed by atoms with van der Waals surface area (Å²) in [6.07, 6.45) is 2.91. The summed E-state index contributed by atoms with van der Waals surface area (Å²) in [5.41, 5.74) is 5.83. The zero-order chi connectivity index (χ0) is 15.5. The van der Waals surface area contributed by atoms with Crippen LogP contribution in [0.15, 0.2) is 36.7 Å². The van der Waals surface area contributed by atoms with Crippen LogP contribution >= 0.6 is 11.3 Å². The van der Waals surface area contributed by atoms with E-state index in [2.05, 4.69) is 25.8 Å². The number of carbonyl (C=O) groups excluding carboxylic acids is 2. The lowest BCUT2D eigenvalue weighted by molar-refractivity contribution is -0.119. The first-order valence-electron chi connectivity index (χ1n) is 6.39. The van der Waals surface area contributed by atoms with Gasteiger partial charge >= 0.3 is 0 Å². The molecule has 2 N–H and O–H groups in total. The Morgan fingerprint density at radius 1 is 1.09 bits per heavy atom. The van der Waals surface area contributed by atoms with Crippen LogP contribution in [0.25, 0.3) is 20.9 Å². The first-order chi connectivity index (χ1) is 10.6. The predicted octanol–water partition coefficient (Wildman–Crippen LogP) is 1.53. The summed E-state index contributed by atoms with van der Waals surface area (Å²) in [7, 11) is 0. The minimum absolute atomic E-state index is 0.107. The molecule has 7 nitrogen and oxygen atoms in total. The molecule has 3 rings (SSSR count). The number of thiazole rings is 1. The molecule has 0 aliphatic carbocycles. The van der Waals surface area contributed by atoms with E-state index in [1.54, 1.807) is 0 Å². The predicted molar refractivity (Wildman–Crippen MR) is 81.9 cm³/mol. The Hall–Kier alpha value is -2.87. The van der Waals surface area contributed by atoms with Gasteiger partial charge in [-0.2, -0.15) is 0 Å². The van der Waals surface area contributed by atoms with Gasteiger partial charge in [0.25, 0.3) is 5.91 Å². The fourth-order valence-corrected chi connectivity index (χ4v) is 2.80. The number of nitrogens with one attached hydrogen (secondary N) is 2. The summed E-state index contributed by atoms with van der Waals surface area (Å²) in [5.74, 6) is -0.920. The zero-order valence-electron chi connectivity index (χ0n) is 11.5. The summed E-state index contributed by atoms with van der Waals surface area (Å²) >= 11 is 1.43. The molecule has 0 saturated carbocycles. The number of amides is 2. The summed E-state index contributed by atoms with van der Waals surface area (Å²) in [5, 5.41) is 0.599. The highest BCUT2D eigenvalue weighted by molar-refractivity contribution is 7.21. The number of nitrogens with zero attached hydrogens (tertiary/aromatic N) is 3. The molecular formula is C14H11N5O2S. The van der Waals surface area contributed by atoms with E-state index in [4.69, 9.17) is 0 Å². The molecule has 2 amide bonds. The SMILES string of the molecule is CC(=O)NNC(=O)c1nccnc1-c1nc2ccccc2s1. The molecule has 1 aromatic carbocycles. The number of para-hydroxylation sites is 1. The van der Waals surface area contributed by atoms with Crippen LogP contribution in [-0.4, -0.2) is 26.8 Å². The van der Waals surface area contributed by atoms with E-state index in [0.717, 1.165) is 10.2 Å². The number of hydrogen-bond donors (Lipinski definition) is 2. The first-order valence-corrected chi connectivity index (χ1v) is 7.20. The number of carbonyl (C=O) groups is 2. The Morgan fingerprint density at radius 2 is 1.86 bits per heavy atom. The van der Waals surface area contributed by atoms with Gasteiger partial charge in [0.2, 0.25) is 5.91 Å². The van der Waals surface area contributed by atoms with Gasteiger partial charge in [0.1, 0.15) is 10.7 Å². The Labute approximate surface area is 129 Å². The largest absolute Gasteiger partial charge is 0.290 e. The van der Waals surface area contributed by atoms with Gasteiger partial charge in [-0.1, -0.05) is 12.1 Å². The van der Waals surface area contributed by atoms with Crippen LogP contribution in [0.4, 0.5) is 0 Å². The third kappa shape index (κ3) is 2.77. The summed E-state index contributed by atoms with van der Waals surface area (Å²) in [6, 6.07) is 7.66. The average Bonchev–Trinajstić information content (AvgIpc) is 2.96. The third-order valence-corrected chi connectivity index (χ3v) is 3.80. The maximum Gasteiger partial charge on any atom is 0.290 e. The normalized spacial score (nSPS) is 10.4. The van der Waals surface area contributed by atoms with Crippen LogP contribution < -0.4 is 10.9 Å². The third-order valence-electron chi connectivity index (χ3n) is 2.76. The van der Waals surface area contributed by atoms with Crippen molar-refractivity contribution in [3.8, 4) is 10.7 Å². The molecule has 0 saturated heterocycles. The van der Waals surface area contributed by atoms with Crippen LogP contribution in [0.5, 0.6) is 0 Å². The van der Waals surface area contributed by atoms with E-state index in [1.807, 2.05) is 24.3 Å². The quantitative estimate of drug-likeness (QED) is 0.699. The second-order valence-corrected chi connectivity index (χ2v) is 5.41. The molecule has 0 aliphatic rings. The monoisotopic (exact) mass is 313 g/mol. The molecule has 0 spiro atoms. The Kier molecular flexibility index (Phi) is 3.75. The molecule has 0 bridgehead atoms. The highest BCUT2D eigenvalue weighted by atomic mass is 32.1. The lowest BCUT2D eigenvalue weighted by Gasteiger charge is -2.06. The van der Waals surface area contributed by atoms with Gasteiger partial charge in [-0.3, -0.25) is 20.4 Å². The fraction of sp³-hybridized carbons (Fsp3) is 0.0714. The second-order valence-electron chi connectivity index (χ2n) is 4.38. The molecule has 0 radical (unpaired) electrons. The molecule has 3 aromatic rings. The van der Waals surface area contributed by atoms with Crippen molar-refractivity contribution in [1.82, 2.24) is 25.8 Å². The van der Waals surface area contributed by atoms with Crippen molar-refractivity contribution in [2.75, 3.05) is 0 Å². The molecule has 0 fully saturated rings. The lowest BCUT2D eigenvalue weighted by atomic mass is 10.3. The van der Waals surface area contributed by atoms with Gasteiger partial charge < -0.3 is 0 Å². The molecule has 22 heavy (non-hydrogen) atoms. The van der Waals surface area contributed by atoms with E-state index in [9.17, 15) is 9.59 Å². The Morgan fingerprint density at radius 3 is 2.64 bits per heavy atom. The van der Waals surface area contributed by atoms with E-state index in [0.29, 0.717) is 10.7 Å². The number of hydrogen-bond acceptors (Lipinski definition) is 6. The Balaban J connectivity index is 2.00. The first kappa shape index (κ1) is 14.1. The van der Waals surface area contributed by atoms with Crippen LogP contribution in [0, 0.1) is 0 Å². The molecule has 2 heterocycles. The smallest absolute Gasteiger partial charge is 0.274 e. The number of fused-ring (bicyclic) bond motifs is 1. The van der Waals surface area contributed by atoms with Crippen molar-refractivity contribution < 1.29 is 9.59 Å². The fourth-order valence-electron chi connectivity index (χ4n) is 1.84. The maximum absolute atomic E-state index is 12.1. The highest BCUT2D eigenvalue weighted by Crippen LogP contribution is 2.29. The van der Waals surface area contributed by atoms with Crippen LogP contribution in [0.2, 0.25) is 0 Å². The lowest BCUT2D eigenvalue weighted by Crippen LogP contribution is -2.40. The highest BCUT2D eigenvalue weighted by Gasteiger charge is 2.18. The van der Waals surface area contributed by atoms with Crippen molar-refractivity contribution in [3.05, 3.63) is 42.4 Å². The van der Waals surface area contributed by atoms with Crippen molar-refractivity contribution in [2.45, 2.75) is 6.92 Å².